The van der Waals surface area contributed by atoms with Crippen molar-refractivity contribution in [1.29, 1.82) is 0 Å². The van der Waals surface area contributed by atoms with Gasteiger partial charge in [0.1, 0.15) is 0 Å². The van der Waals surface area contributed by atoms with Gasteiger partial charge in [-0.25, -0.2) is 0 Å². The van der Waals surface area contributed by atoms with Crippen LogP contribution in [0.15, 0.2) is 23.3 Å². The van der Waals surface area contributed by atoms with Crippen molar-refractivity contribution in [2.75, 3.05) is 0 Å². The van der Waals surface area contributed by atoms with Crippen LogP contribution in [-0.4, -0.2) is 0 Å². The highest BCUT2D eigenvalue weighted by Crippen LogP contribution is 2.24. The van der Waals surface area contributed by atoms with Gasteiger partial charge in [-0.05, 0) is 23.6 Å². The van der Waals surface area contributed by atoms with Crippen LogP contribution in [-0.2, 0) is 0 Å². The summed E-state index contributed by atoms with van der Waals surface area (Å²) < 4.78 is 0. The molecule has 0 unspecified atom stereocenters. The highest BCUT2D eigenvalue weighted by molar-refractivity contribution is 9.12. The van der Waals surface area contributed by atoms with Crippen LogP contribution in [0.5, 0.6) is 0 Å². The SMILES string of the molecule is CC(C)C1=C(C#CBr)C=CCC1. The molecule has 1 aliphatic rings. The van der Waals surface area contributed by atoms with E-state index in [-0.39, 0.29) is 0 Å². The first-order valence-electron chi connectivity index (χ1n) is 4.27. The Labute approximate surface area is 82.9 Å². The minimum absolute atomic E-state index is 0.623. The van der Waals surface area contributed by atoms with Crippen LogP contribution in [0.3, 0.4) is 0 Å². The molecule has 0 aromatic carbocycles. The summed E-state index contributed by atoms with van der Waals surface area (Å²) in [7, 11) is 0. The molecule has 0 amide bonds. The Morgan fingerprint density at radius 2 is 2.25 bits per heavy atom. The third kappa shape index (κ3) is 2.25. The van der Waals surface area contributed by atoms with E-state index in [2.05, 4.69) is 52.7 Å². The third-order valence-corrected chi connectivity index (χ3v) is 2.29. The maximum absolute atomic E-state index is 3.13. The average Bonchev–Trinajstić information content (AvgIpc) is 2.05. The van der Waals surface area contributed by atoms with Crippen LogP contribution in [0, 0.1) is 16.7 Å². The zero-order chi connectivity index (χ0) is 8.97. The Hall–Kier alpha value is -0.480. The fourth-order valence-corrected chi connectivity index (χ4v) is 1.67. The van der Waals surface area contributed by atoms with Crippen LogP contribution in [0.25, 0.3) is 0 Å². The lowest BCUT2D eigenvalue weighted by molar-refractivity contribution is 0.704. The van der Waals surface area contributed by atoms with Crippen molar-refractivity contribution in [2.24, 2.45) is 5.92 Å². The number of hydrogen-bond acceptors (Lipinski definition) is 0. The van der Waals surface area contributed by atoms with Crippen LogP contribution in [0.1, 0.15) is 26.7 Å². The minimum atomic E-state index is 0.623. The molecular weight excluding hydrogens is 212 g/mol. The van der Waals surface area contributed by atoms with Gasteiger partial charge in [0, 0.05) is 21.5 Å². The summed E-state index contributed by atoms with van der Waals surface area (Å²) in [5, 5.41) is 0. The van der Waals surface area contributed by atoms with Crippen molar-refractivity contribution < 1.29 is 0 Å². The Morgan fingerprint density at radius 1 is 1.50 bits per heavy atom. The maximum atomic E-state index is 3.13. The lowest BCUT2D eigenvalue weighted by atomic mass is 9.90. The zero-order valence-corrected chi connectivity index (χ0v) is 9.11. The lowest BCUT2D eigenvalue weighted by Crippen LogP contribution is -2.00. The Kier molecular flexibility index (Phi) is 3.62. The van der Waals surface area contributed by atoms with E-state index in [9.17, 15) is 0 Å². The average molecular weight is 225 g/mol. The van der Waals surface area contributed by atoms with E-state index in [0.717, 1.165) is 0 Å². The van der Waals surface area contributed by atoms with Crippen molar-refractivity contribution in [3.05, 3.63) is 23.3 Å². The molecule has 12 heavy (non-hydrogen) atoms. The van der Waals surface area contributed by atoms with Gasteiger partial charge in [-0.15, -0.1) is 0 Å². The maximum Gasteiger partial charge on any atom is 0.0245 e. The fourth-order valence-electron chi connectivity index (χ4n) is 1.45. The van der Waals surface area contributed by atoms with Gasteiger partial charge in [-0.1, -0.05) is 37.5 Å². The van der Waals surface area contributed by atoms with Crippen molar-refractivity contribution in [3.63, 3.8) is 0 Å². The molecule has 0 saturated carbocycles. The molecular formula is C11H13Br. The van der Waals surface area contributed by atoms with E-state index in [1.165, 1.54) is 24.0 Å². The predicted molar refractivity (Wildman–Crippen MR) is 56.9 cm³/mol. The van der Waals surface area contributed by atoms with E-state index >= 15 is 0 Å². The van der Waals surface area contributed by atoms with Crippen molar-refractivity contribution in [1.82, 2.24) is 0 Å². The summed E-state index contributed by atoms with van der Waals surface area (Å²) in [4.78, 5) is 2.78. The van der Waals surface area contributed by atoms with Gasteiger partial charge in [-0.3, -0.25) is 0 Å². The molecule has 0 aromatic heterocycles. The van der Waals surface area contributed by atoms with E-state index in [0.29, 0.717) is 5.92 Å². The molecule has 1 rings (SSSR count). The van der Waals surface area contributed by atoms with Gasteiger partial charge >= 0.3 is 0 Å². The van der Waals surface area contributed by atoms with Crippen molar-refractivity contribution in [3.8, 4) is 10.8 Å². The van der Waals surface area contributed by atoms with E-state index in [4.69, 9.17) is 0 Å². The fraction of sp³-hybridized carbons (Fsp3) is 0.455. The van der Waals surface area contributed by atoms with E-state index < -0.39 is 0 Å². The monoisotopic (exact) mass is 224 g/mol. The lowest BCUT2D eigenvalue weighted by Gasteiger charge is -2.15. The normalized spacial score (nSPS) is 16.3. The number of allylic oxidation sites excluding steroid dienone is 4. The van der Waals surface area contributed by atoms with Crippen LogP contribution in [0.4, 0.5) is 0 Å². The van der Waals surface area contributed by atoms with Gasteiger partial charge < -0.3 is 0 Å². The molecule has 0 saturated heterocycles. The first-order valence-corrected chi connectivity index (χ1v) is 5.06. The smallest absolute Gasteiger partial charge is 0.0245 e. The topological polar surface area (TPSA) is 0 Å². The van der Waals surface area contributed by atoms with Gasteiger partial charge in [0.05, 0.1) is 0 Å². The van der Waals surface area contributed by atoms with Gasteiger partial charge in [0.2, 0.25) is 0 Å². The van der Waals surface area contributed by atoms with Gasteiger partial charge in [0.25, 0.3) is 0 Å². The Bertz CT molecular complexity index is 271. The van der Waals surface area contributed by atoms with Crippen LogP contribution < -0.4 is 0 Å². The molecule has 0 atom stereocenters. The Balaban J connectivity index is 2.97. The quantitative estimate of drug-likeness (QED) is 0.597. The second kappa shape index (κ2) is 4.52. The third-order valence-electron chi connectivity index (χ3n) is 2.09. The van der Waals surface area contributed by atoms with Crippen LogP contribution >= 0.6 is 15.9 Å². The molecule has 64 valence electrons. The highest BCUT2D eigenvalue weighted by atomic mass is 79.9. The summed E-state index contributed by atoms with van der Waals surface area (Å²) in [5.74, 6) is 3.70. The molecule has 0 nitrogen and oxygen atoms in total. The molecule has 0 aliphatic heterocycles. The van der Waals surface area contributed by atoms with Gasteiger partial charge in [0.15, 0.2) is 0 Å². The molecule has 1 heteroatoms. The summed E-state index contributed by atoms with van der Waals surface area (Å²) in [6.07, 6.45) is 6.66. The minimum Gasteiger partial charge on any atom is -0.0830 e. The number of halogens is 1. The number of rotatable bonds is 1. The first-order chi connectivity index (χ1) is 5.75. The summed E-state index contributed by atoms with van der Waals surface area (Å²) in [5.41, 5.74) is 2.69. The second-order valence-corrected chi connectivity index (χ2v) is 3.65. The second-order valence-electron chi connectivity index (χ2n) is 3.25. The molecule has 0 heterocycles. The molecule has 0 fully saturated rings. The molecule has 0 N–H and O–H groups in total. The molecule has 1 aliphatic carbocycles. The molecule has 0 bridgehead atoms. The van der Waals surface area contributed by atoms with Gasteiger partial charge in [-0.2, -0.15) is 0 Å². The van der Waals surface area contributed by atoms with Crippen molar-refractivity contribution in [2.45, 2.75) is 26.7 Å². The summed E-state index contributed by atoms with van der Waals surface area (Å²) in [6, 6.07) is 0. The highest BCUT2D eigenvalue weighted by Gasteiger charge is 2.09. The Morgan fingerprint density at radius 3 is 2.83 bits per heavy atom. The molecule has 0 radical (unpaired) electrons. The summed E-state index contributed by atoms with van der Waals surface area (Å²) >= 11 is 3.13. The zero-order valence-electron chi connectivity index (χ0n) is 7.52. The standard InChI is InChI=1S/C11H13Br/c1-9(2)11-6-4-3-5-10(11)7-8-12/h3,5,9H,4,6H2,1-2H3. The predicted octanol–water partition coefficient (Wildman–Crippen LogP) is 3.64. The molecule has 0 aromatic rings. The first kappa shape index (κ1) is 9.61. The van der Waals surface area contributed by atoms with Crippen LogP contribution in [0.2, 0.25) is 0 Å². The van der Waals surface area contributed by atoms with E-state index in [1.807, 2.05) is 0 Å². The van der Waals surface area contributed by atoms with Crippen molar-refractivity contribution >= 4 is 15.9 Å². The summed E-state index contributed by atoms with van der Waals surface area (Å²) in [6.45, 7) is 4.45. The largest absolute Gasteiger partial charge is 0.0830 e. The van der Waals surface area contributed by atoms with E-state index in [1.54, 1.807) is 0 Å². The number of hydrogen-bond donors (Lipinski definition) is 0. The molecule has 0 spiro atoms.